The van der Waals surface area contributed by atoms with E-state index in [-0.39, 0.29) is 17.0 Å². The number of urea groups is 1. The number of carbonyl (C=O) groups excluding carboxylic acids is 3. The number of benzene rings is 2. The van der Waals surface area contributed by atoms with Gasteiger partial charge in [-0.1, -0.05) is 35.9 Å². The van der Waals surface area contributed by atoms with Crippen molar-refractivity contribution in [2.24, 2.45) is 0 Å². The first-order valence-corrected chi connectivity index (χ1v) is 8.81. The second kappa shape index (κ2) is 8.15. The van der Waals surface area contributed by atoms with Crippen LogP contribution in [0.2, 0.25) is 5.02 Å². The summed E-state index contributed by atoms with van der Waals surface area (Å²) < 4.78 is 5.38. The quantitative estimate of drug-likeness (QED) is 0.574. The standard InChI is InChI=1S/C20H15ClN2O6/c1-11(19(26)27)29-16-8-3-2-5-12(16)9-15-17(24)22-20(28)23(18(15)25)14-7-4-6-13(21)10-14/h2-11H,1H3,(H,26,27)(H,22,24,28)/b15-9+/t11-/m1/s1. The predicted octanol–water partition coefficient (Wildman–Crippen LogP) is 2.86. The molecule has 0 unspecified atom stereocenters. The molecule has 2 aromatic carbocycles. The highest BCUT2D eigenvalue weighted by Crippen LogP contribution is 2.27. The maximum Gasteiger partial charge on any atom is 0.344 e. The zero-order valence-corrected chi connectivity index (χ0v) is 15.8. The van der Waals surface area contributed by atoms with Crippen molar-refractivity contribution < 1.29 is 29.0 Å². The van der Waals surface area contributed by atoms with Crippen LogP contribution in [0.1, 0.15) is 12.5 Å². The van der Waals surface area contributed by atoms with E-state index in [1.165, 1.54) is 31.2 Å². The summed E-state index contributed by atoms with van der Waals surface area (Å²) in [6.45, 7) is 1.35. The molecule has 4 amide bonds. The van der Waals surface area contributed by atoms with Gasteiger partial charge in [0, 0.05) is 10.6 Å². The zero-order valence-electron chi connectivity index (χ0n) is 15.1. The Morgan fingerprint density at radius 1 is 1.17 bits per heavy atom. The maximum absolute atomic E-state index is 12.9. The maximum atomic E-state index is 12.9. The average molecular weight is 415 g/mol. The molecule has 0 bridgehead atoms. The van der Waals surface area contributed by atoms with Crippen LogP contribution in [0, 0.1) is 0 Å². The van der Waals surface area contributed by atoms with Crippen molar-refractivity contribution in [3.8, 4) is 5.75 Å². The lowest BCUT2D eigenvalue weighted by Crippen LogP contribution is -2.54. The summed E-state index contributed by atoms with van der Waals surface area (Å²) in [6.07, 6.45) is 0.0981. The van der Waals surface area contributed by atoms with E-state index < -0.39 is 29.9 Å². The monoisotopic (exact) mass is 414 g/mol. The molecule has 8 nitrogen and oxygen atoms in total. The van der Waals surface area contributed by atoms with Gasteiger partial charge in [0.05, 0.1) is 5.69 Å². The number of para-hydroxylation sites is 1. The number of rotatable bonds is 5. The number of carboxylic acids is 1. The SMILES string of the molecule is C[C@@H](Oc1ccccc1/C=C1\C(=O)NC(=O)N(c2cccc(Cl)c2)C1=O)C(=O)O. The van der Waals surface area contributed by atoms with Gasteiger partial charge >= 0.3 is 12.0 Å². The lowest BCUT2D eigenvalue weighted by molar-refractivity contribution is -0.144. The van der Waals surface area contributed by atoms with Gasteiger partial charge in [-0.25, -0.2) is 14.5 Å². The summed E-state index contributed by atoms with van der Waals surface area (Å²) in [5, 5.41) is 11.5. The lowest BCUT2D eigenvalue weighted by Gasteiger charge is -2.26. The molecule has 1 aliphatic heterocycles. The molecule has 148 valence electrons. The molecule has 0 radical (unpaired) electrons. The second-order valence-electron chi connectivity index (χ2n) is 6.07. The number of imide groups is 2. The summed E-state index contributed by atoms with van der Waals surface area (Å²) in [5.41, 5.74) is 0.186. The Labute approximate surface area is 170 Å². The van der Waals surface area contributed by atoms with Gasteiger partial charge in [-0.05, 0) is 37.3 Å². The Morgan fingerprint density at radius 3 is 2.59 bits per heavy atom. The number of carbonyl (C=O) groups is 4. The number of aliphatic carboxylic acids is 1. The van der Waals surface area contributed by atoms with Gasteiger partial charge in [0.2, 0.25) is 0 Å². The topological polar surface area (TPSA) is 113 Å². The average Bonchev–Trinajstić information content (AvgIpc) is 2.66. The van der Waals surface area contributed by atoms with Crippen LogP contribution in [0.15, 0.2) is 54.1 Å². The normalized spacial score (nSPS) is 16.6. The van der Waals surface area contributed by atoms with E-state index in [0.717, 1.165) is 4.90 Å². The molecular weight excluding hydrogens is 400 g/mol. The number of hydrogen-bond donors (Lipinski definition) is 2. The molecule has 1 saturated heterocycles. The molecule has 2 aromatic rings. The van der Waals surface area contributed by atoms with Gasteiger partial charge in [0.15, 0.2) is 6.10 Å². The minimum absolute atomic E-state index is 0.168. The molecule has 1 heterocycles. The lowest BCUT2D eigenvalue weighted by atomic mass is 10.1. The van der Waals surface area contributed by atoms with E-state index >= 15 is 0 Å². The first-order chi connectivity index (χ1) is 13.8. The minimum atomic E-state index is -1.17. The van der Waals surface area contributed by atoms with E-state index in [4.69, 9.17) is 21.4 Å². The molecule has 0 spiro atoms. The molecule has 1 aliphatic rings. The van der Waals surface area contributed by atoms with E-state index in [1.54, 1.807) is 30.3 Å². The summed E-state index contributed by atoms with van der Waals surface area (Å²) in [4.78, 5) is 49.3. The first-order valence-electron chi connectivity index (χ1n) is 8.43. The molecule has 3 rings (SSSR count). The fourth-order valence-corrected chi connectivity index (χ4v) is 2.80. The van der Waals surface area contributed by atoms with Crippen LogP contribution in [-0.4, -0.2) is 35.0 Å². The third-order valence-electron chi connectivity index (χ3n) is 4.04. The van der Waals surface area contributed by atoms with Crippen molar-refractivity contribution in [3.63, 3.8) is 0 Å². The number of amides is 4. The Hall–Kier alpha value is -3.65. The molecule has 2 N–H and O–H groups in total. The fraction of sp³-hybridized carbons (Fsp3) is 0.100. The highest BCUT2D eigenvalue weighted by atomic mass is 35.5. The van der Waals surface area contributed by atoms with Crippen LogP contribution in [0.5, 0.6) is 5.75 Å². The fourth-order valence-electron chi connectivity index (χ4n) is 2.61. The summed E-state index contributed by atoms with van der Waals surface area (Å²) in [6, 6.07) is 11.5. The second-order valence-corrected chi connectivity index (χ2v) is 6.51. The number of nitrogens with zero attached hydrogens (tertiary/aromatic N) is 1. The molecule has 29 heavy (non-hydrogen) atoms. The number of barbiturate groups is 1. The summed E-state index contributed by atoms with van der Waals surface area (Å²) in [5.74, 6) is -2.72. The van der Waals surface area contributed by atoms with Crippen LogP contribution in [0.25, 0.3) is 6.08 Å². The zero-order chi connectivity index (χ0) is 21.1. The van der Waals surface area contributed by atoms with Crippen molar-refractivity contribution >= 4 is 47.2 Å². The van der Waals surface area contributed by atoms with Crippen molar-refractivity contribution in [2.45, 2.75) is 13.0 Å². The smallest absolute Gasteiger partial charge is 0.344 e. The highest BCUT2D eigenvalue weighted by Gasteiger charge is 2.37. The number of nitrogens with one attached hydrogen (secondary N) is 1. The third kappa shape index (κ3) is 4.27. The van der Waals surface area contributed by atoms with Gasteiger partial charge in [-0.2, -0.15) is 0 Å². The first kappa shape index (κ1) is 20.1. The number of halogens is 1. The minimum Gasteiger partial charge on any atom is -0.479 e. The van der Waals surface area contributed by atoms with Crippen LogP contribution in [-0.2, 0) is 14.4 Å². The Balaban J connectivity index is 2.01. The Kier molecular flexibility index (Phi) is 5.65. The van der Waals surface area contributed by atoms with Crippen molar-refractivity contribution in [1.82, 2.24) is 5.32 Å². The predicted molar refractivity (Wildman–Crippen MR) is 105 cm³/mol. The van der Waals surface area contributed by atoms with E-state index in [9.17, 15) is 19.2 Å². The van der Waals surface area contributed by atoms with Crippen LogP contribution in [0.3, 0.4) is 0 Å². The summed E-state index contributed by atoms with van der Waals surface area (Å²) in [7, 11) is 0. The summed E-state index contributed by atoms with van der Waals surface area (Å²) >= 11 is 5.93. The third-order valence-corrected chi connectivity index (χ3v) is 4.27. The highest BCUT2D eigenvalue weighted by molar-refractivity contribution is 6.39. The van der Waals surface area contributed by atoms with E-state index in [0.29, 0.717) is 10.6 Å². The van der Waals surface area contributed by atoms with E-state index in [2.05, 4.69) is 5.32 Å². The molecular formula is C20H15ClN2O6. The van der Waals surface area contributed by atoms with E-state index in [1.807, 2.05) is 0 Å². The van der Waals surface area contributed by atoms with Crippen LogP contribution in [0.4, 0.5) is 10.5 Å². The van der Waals surface area contributed by atoms with Crippen molar-refractivity contribution in [3.05, 3.63) is 64.7 Å². The van der Waals surface area contributed by atoms with Gasteiger partial charge in [-0.15, -0.1) is 0 Å². The van der Waals surface area contributed by atoms with Gasteiger partial charge in [-0.3, -0.25) is 14.9 Å². The van der Waals surface area contributed by atoms with Crippen molar-refractivity contribution in [1.29, 1.82) is 0 Å². The number of anilines is 1. The Bertz CT molecular complexity index is 1050. The molecule has 1 fully saturated rings. The molecule has 9 heteroatoms. The largest absolute Gasteiger partial charge is 0.479 e. The molecule has 1 atom stereocenters. The Morgan fingerprint density at radius 2 is 1.90 bits per heavy atom. The van der Waals surface area contributed by atoms with Gasteiger partial charge < -0.3 is 9.84 Å². The molecule has 0 saturated carbocycles. The number of hydrogen-bond acceptors (Lipinski definition) is 5. The molecule has 0 aliphatic carbocycles. The number of ether oxygens (including phenoxy) is 1. The van der Waals surface area contributed by atoms with Gasteiger partial charge in [0.1, 0.15) is 11.3 Å². The number of carboxylic acid groups (broad SMARTS) is 1. The van der Waals surface area contributed by atoms with Crippen molar-refractivity contribution in [2.75, 3.05) is 4.90 Å². The van der Waals surface area contributed by atoms with Crippen LogP contribution >= 0.6 is 11.6 Å². The van der Waals surface area contributed by atoms with Gasteiger partial charge in [0.25, 0.3) is 11.8 Å². The van der Waals surface area contributed by atoms with Crippen LogP contribution < -0.4 is 15.0 Å². The molecule has 0 aromatic heterocycles.